The van der Waals surface area contributed by atoms with E-state index in [1.165, 1.54) is 45.4 Å². The van der Waals surface area contributed by atoms with Crippen LogP contribution >= 0.6 is 0 Å². The molecule has 0 N–H and O–H groups in total. The number of rotatable bonds is 5. The van der Waals surface area contributed by atoms with Crippen molar-refractivity contribution >= 4 is 0 Å². The Balaban J connectivity index is 1.47. The third-order valence-corrected chi connectivity index (χ3v) is 5.00. The van der Waals surface area contributed by atoms with Gasteiger partial charge in [-0.2, -0.15) is 0 Å². The Labute approximate surface area is 128 Å². The Morgan fingerprint density at radius 3 is 2.62 bits per heavy atom. The van der Waals surface area contributed by atoms with E-state index < -0.39 is 0 Å². The number of benzene rings is 1. The summed E-state index contributed by atoms with van der Waals surface area (Å²) in [5.41, 5.74) is 3.15. The zero-order valence-corrected chi connectivity index (χ0v) is 13.3. The monoisotopic (exact) mass is 288 g/mol. The SMILES string of the molecule is CCOCCN1CCN([C@H]2CCc3ccccc3C2)CC1. The van der Waals surface area contributed by atoms with Gasteiger partial charge in [-0.05, 0) is 37.3 Å². The molecule has 116 valence electrons. The maximum absolute atomic E-state index is 5.46. The van der Waals surface area contributed by atoms with E-state index in [9.17, 15) is 0 Å². The molecule has 1 aromatic rings. The summed E-state index contributed by atoms with van der Waals surface area (Å²) in [6.45, 7) is 9.72. The second-order valence-corrected chi connectivity index (χ2v) is 6.24. The lowest BCUT2D eigenvalue weighted by molar-refractivity contribution is 0.0612. The first-order chi connectivity index (χ1) is 10.4. The highest BCUT2D eigenvalue weighted by Crippen LogP contribution is 2.25. The predicted octanol–water partition coefficient (Wildman–Crippen LogP) is 2.20. The largest absolute Gasteiger partial charge is 0.380 e. The van der Waals surface area contributed by atoms with Gasteiger partial charge in [0.1, 0.15) is 0 Å². The molecule has 0 bridgehead atoms. The van der Waals surface area contributed by atoms with Crippen LogP contribution in [0.2, 0.25) is 0 Å². The van der Waals surface area contributed by atoms with Gasteiger partial charge in [0.05, 0.1) is 6.61 Å². The summed E-state index contributed by atoms with van der Waals surface area (Å²) in [5, 5.41) is 0. The molecule has 0 aromatic heterocycles. The van der Waals surface area contributed by atoms with Gasteiger partial charge in [-0.25, -0.2) is 0 Å². The van der Waals surface area contributed by atoms with E-state index in [-0.39, 0.29) is 0 Å². The number of fused-ring (bicyclic) bond motifs is 1. The average molecular weight is 288 g/mol. The van der Waals surface area contributed by atoms with Gasteiger partial charge in [-0.1, -0.05) is 24.3 Å². The minimum atomic E-state index is 0.758. The van der Waals surface area contributed by atoms with Crippen LogP contribution in [0.4, 0.5) is 0 Å². The Morgan fingerprint density at radius 2 is 1.86 bits per heavy atom. The molecule has 3 heteroatoms. The highest BCUT2D eigenvalue weighted by molar-refractivity contribution is 5.30. The average Bonchev–Trinajstić information content (AvgIpc) is 2.55. The molecule has 21 heavy (non-hydrogen) atoms. The van der Waals surface area contributed by atoms with Crippen LogP contribution in [0.25, 0.3) is 0 Å². The van der Waals surface area contributed by atoms with E-state index in [4.69, 9.17) is 4.74 Å². The minimum absolute atomic E-state index is 0.758. The third-order valence-electron chi connectivity index (χ3n) is 5.00. The van der Waals surface area contributed by atoms with E-state index >= 15 is 0 Å². The van der Waals surface area contributed by atoms with E-state index in [1.54, 1.807) is 11.1 Å². The van der Waals surface area contributed by atoms with Crippen LogP contribution in [0, 0.1) is 0 Å². The van der Waals surface area contributed by atoms with Crippen molar-refractivity contribution in [3.63, 3.8) is 0 Å². The highest BCUT2D eigenvalue weighted by Gasteiger charge is 2.26. The first kappa shape index (κ1) is 15.0. The van der Waals surface area contributed by atoms with E-state index in [0.717, 1.165) is 25.8 Å². The lowest BCUT2D eigenvalue weighted by Crippen LogP contribution is -2.52. The molecule has 3 rings (SSSR count). The number of aryl methyl sites for hydroxylation is 1. The molecular weight excluding hydrogens is 260 g/mol. The van der Waals surface area contributed by atoms with Gasteiger partial charge in [-0.3, -0.25) is 9.80 Å². The fraction of sp³-hybridized carbons (Fsp3) is 0.667. The molecule has 0 spiro atoms. The Kier molecular flexibility index (Phi) is 5.28. The molecule has 1 aromatic carbocycles. The molecule has 0 unspecified atom stereocenters. The van der Waals surface area contributed by atoms with E-state index in [0.29, 0.717) is 0 Å². The summed E-state index contributed by atoms with van der Waals surface area (Å²) in [5.74, 6) is 0. The van der Waals surface area contributed by atoms with Crippen LogP contribution in [-0.4, -0.2) is 61.8 Å². The second kappa shape index (κ2) is 7.39. The van der Waals surface area contributed by atoms with Crippen LogP contribution < -0.4 is 0 Å². The van der Waals surface area contributed by atoms with Gasteiger partial charge in [-0.15, -0.1) is 0 Å². The van der Waals surface area contributed by atoms with Gasteiger partial charge >= 0.3 is 0 Å². The van der Waals surface area contributed by atoms with Crippen LogP contribution in [0.15, 0.2) is 24.3 Å². The summed E-state index contributed by atoms with van der Waals surface area (Å²) in [4.78, 5) is 5.26. The van der Waals surface area contributed by atoms with Gasteiger partial charge < -0.3 is 4.74 Å². The quantitative estimate of drug-likeness (QED) is 0.773. The first-order valence-corrected chi connectivity index (χ1v) is 8.47. The van der Waals surface area contributed by atoms with Crippen molar-refractivity contribution in [3.05, 3.63) is 35.4 Å². The van der Waals surface area contributed by atoms with Gasteiger partial charge in [0.2, 0.25) is 0 Å². The summed E-state index contributed by atoms with van der Waals surface area (Å²) >= 11 is 0. The molecule has 3 nitrogen and oxygen atoms in total. The van der Waals surface area contributed by atoms with Crippen molar-refractivity contribution in [1.82, 2.24) is 9.80 Å². The number of nitrogens with zero attached hydrogens (tertiary/aromatic N) is 2. The lowest BCUT2D eigenvalue weighted by Gasteiger charge is -2.41. The molecule has 0 amide bonds. The molecule has 1 atom stereocenters. The summed E-state index contributed by atoms with van der Waals surface area (Å²) in [6, 6.07) is 9.74. The van der Waals surface area contributed by atoms with Gasteiger partial charge in [0, 0.05) is 45.4 Å². The first-order valence-electron chi connectivity index (χ1n) is 8.47. The topological polar surface area (TPSA) is 15.7 Å². The van der Waals surface area contributed by atoms with Crippen LogP contribution in [0.1, 0.15) is 24.5 Å². The fourth-order valence-corrected chi connectivity index (χ4v) is 3.68. The zero-order chi connectivity index (χ0) is 14.5. The van der Waals surface area contributed by atoms with E-state index in [1.807, 2.05) is 0 Å². The molecule has 1 fully saturated rings. The van der Waals surface area contributed by atoms with Crippen molar-refractivity contribution in [1.29, 1.82) is 0 Å². The van der Waals surface area contributed by atoms with E-state index in [2.05, 4.69) is 41.0 Å². The zero-order valence-electron chi connectivity index (χ0n) is 13.3. The summed E-state index contributed by atoms with van der Waals surface area (Å²) in [6.07, 6.45) is 3.83. The highest BCUT2D eigenvalue weighted by atomic mass is 16.5. The molecule has 0 saturated carbocycles. The molecule has 1 aliphatic carbocycles. The molecule has 1 aliphatic heterocycles. The standard InChI is InChI=1S/C18H28N2O/c1-2-21-14-13-19-9-11-20(12-10-19)18-8-7-16-5-3-4-6-17(16)15-18/h3-6,18H,2,7-15H2,1H3/t18-/m0/s1. The van der Waals surface area contributed by atoms with Crippen molar-refractivity contribution in [2.45, 2.75) is 32.2 Å². The maximum atomic E-state index is 5.46. The molecule has 1 heterocycles. The van der Waals surface area contributed by atoms with Crippen molar-refractivity contribution in [2.24, 2.45) is 0 Å². The van der Waals surface area contributed by atoms with Crippen molar-refractivity contribution in [3.8, 4) is 0 Å². The molecule has 0 radical (unpaired) electrons. The predicted molar refractivity (Wildman–Crippen MR) is 86.8 cm³/mol. The van der Waals surface area contributed by atoms with Crippen LogP contribution in [0.5, 0.6) is 0 Å². The van der Waals surface area contributed by atoms with Gasteiger partial charge in [0.15, 0.2) is 0 Å². The Morgan fingerprint density at radius 1 is 1.10 bits per heavy atom. The molecular formula is C18H28N2O. The second-order valence-electron chi connectivity index (χ2n) is 6.24. The Hall–Kier alpha value is -0.900. The summed E-state index contributed by atoms with van der Waals surface area (Å²) < 4.78 is 5.46. The Bertz CT molecular complexity index is 441. The van der Waals surface area contributed by atoms with Crippen LogP contribution in [0.3, 0.4) is 0 Å². The summed E-state index contributed by atoms with van der Waals surface area (Å²) in [7, 11) is 0. The van der Waals surface area contributed by atoms with Crippen LogP contribution in [-0.2, 0) is 17.6 Å². The third kappa shape index (κ3) is 3.85. The van der Waals surface area contributed by atoms with Gasteiger partial charge in [0.25, 0.3) is 0 Å². The number of ether oxygens (including phenoxy) is 1. The molecule has 1 saturated heterocycles. The molecule has 2 aliphatic rings. The number of hydrogen-bond donors (Lipinski definition) is 0. The lowest BCUT2D eigenvalue weighted by atomic mass is 9.87. The maximum Gasteiger partial charge on any atom is 0.0593 e. The minimum Gasteiger partial charge on any atom is -0.380 e. The number of hydrogen-bond acceptors (Lipinski definition) is 3. The fourth-order valence-electron chi connectivity index (χ4n) is 3.68. The van der Waals surface area contributed by atoms with Crippen molar-refractivity contribution < 1.29 is 4.74 Å². The normalized spacial score (nSPS) is 24.0. The van der Waals surface area contributed by atoms with Crippen molar-refractivity contribution in [2.75, 3.05) is 45.9 Å². The smallest absolute Gasteiger partial charge is 0.0593 e. The number of piperazine rings is 1.